The minimum absolute atomic E-state index is 0.00944. The van der Waals surface area contributed by atoms with Gasteiger partial charge < -0.3 is 14.9 Å². The molecule has 0 aromatic carbocycles. The first-order chi connectivity index (χ1) is 6.00. The minimum Gasteiger partial charge on any atom is -0.479 e. The number of carboxylic acids is 1. The van der Waals surface area contributed by atoms with Crippen molar-refractivity contribution in [2.45, 2.75) is 13.0 Å². The number of hydrogen-bond acceptors (Lipinski definition) is 4. The Morgan fingerprint density at radius 3 is 2.54 bits per heavy atom. The van der Waals surface area contributed by atoms with Crippen LogP contribution in [-0.2, 0) is 14.3 Å². The second kappa shape index (κ2) is 5.31. The van der Waals surface area contributed by atoms with Crippen LogP contribution in [0.2, 0.25) is 0 Å². The molecule has 0 bridgehead atoms. The molecule has 0 aromatic heterocycles. The van der Waals surface area contributed by atoms with Crippen LogP contribution in [0.5, 0.6) is 0 Å². The Hall–Kier alpha value is -1.36. The van der Waals surface area contributed by atoms with Crippen molar-refractivity contribution < 1.29 is 24.5 Å². The van der Waals surface area contributed by atoms with Crippen LogP contribution in [0, 0.1) is 5.92 Å². The fraction of sp³-hybridized carbons (Fsp3) is 0.500. The van der Waals surface area contributed by atoms with Crippen molar-refractivity contribution in [3.05, 3.63) is 12.7 Å². The summed E-state index contributed by atoms with van der Waals surface area (Å²) in [6, 6.07) is 0. The summed E-state index contributed by atoms with van der Waals surface area (Å²) in [6.45, 7) is 4.61. The molecule has 0 saturated heterocycles. The molecule has 2 N–H and O–H groups in total. The average Bonchev–Trinajstić information content (AvgIpc) is 2.11. The maximum Gasteiger partial charge on any atom is 0.333 e. The molecule has 0 spiro atoms. The molecule has 0 aliphatic rings. The summed E-state index contributed by atoms with van der Waals surface area (Å²) < 4.78 is 4.54. The lowest BCUT2D eigenvalue weighted by molar-refractivity contribution is -0.161. The quantitative estimate of drug-likeness (QED) is 0.461. The van der Waals surface area contributed by atoms with E-state index in [1.54, 1.807) is 0 Å². The Bertz CT molecular complexity index is 211. The topological polar surface area (TPSA) is 83.8 Å². The van der Waals surface area contributed by atoms with Crippen molar-refractivity contribution >= 4 is 11.9 Å². The number of rotatable bonds is 5. The lowest BCUT2D eigenvalue weighted by Gasteiger charge is -2.12. The monoisotopic (exact) mass is 188 g/mol. The van der Waals surface area contributed by atoms with Crippen molar-refractivity contribution in [1.82, 2.24) is 0 Å². The third kappa shape index (κ3) is 3.71. The molecule has 2 unspecified atom stereocenters. The van der Waals surface area contributed by atoms with Gasteiger partial charge >= 0.3 is 11.9 Å². The van der Waals surface area contributed by atoms with E-state index in [4.69, 9.17) is 10.2 Å². The molecular formula is C8H12O5. The largest absolute Gasteiger partial charge is 0.479 e. The first-order valence-corrected chi connectivity index (χ1v) is 3.69. The number of hydrogen-bond donors (Lipinski definition) is 2. The number of aliphatic hydroxyl groups is 1. The van der Waals surface area contributed by atoms with Crippen molar-refractivity contribution in [2.24, 2.45) is 5.92 Å². The van der Waals surface area contributed by atoms with Gasteiger partial charge in [-0.2, -0.15) is 0 Å². The molecule has 0 saturated carbocycles. The molecule has 5 nitrogen and oxygen atoms in total. The van der Waals surface area contributed by atoms with Crippen LogP contribution in [0.3, 0.4) is 0 Å². The summed E-state index contributed by atoms with van der Waals surface area (Å²) in [5, 5.41) is 17.3. The highest BCUT2D eigenvalue weighted by molar-refractivity contribution is 5.82. The fourth-order valence-electron chi connectivity index (χ4n) is 0.615. The zero-order chi connectivity index (χ0) is 10.4. The summed E-state index contributed by atoms with van der Waals surface area (Å²) in [5.41, 5.74) is 0. The predicted molar refractivity (Wildman–Crippen MR) is 44.0 cm³/mol. The van der Waals surface area contributed by atoms with Gasteiger partial charge in [-0.3, -0.25) is 4.79 Å². The van der Waals surface area contributed by atoms with Gasteiger partial charge in [-0.1, -0.05) is 12.7 Å². The van der Waals surface area contributed by atoms with Gasteiger partial charge in [0, 0.05) is 0 Å². The summed E-state index contributed by atoms with van der Waals surface area (Å²) >= 11 is 0. The third-order valence-corrected chi connectivity index (χ3v) is 1.44. The zero-order valence-electron chi connectivity index (χ0n) is 7.27. The SMILES string of the molecule is C=CCOC(=O)C(C)C(O)C(=O)O. The molecule has 0 fully saturated rings. The van der Waals surface area contributed by atoms with Crippen molar-refractivity contribution in [3.8, 4) is 0 Å². The van der Waals surface area contributed by atoms with Crippen LogP contribution in [-0.4, -0.2) is 34.9 Å². The van der Waals surface area contributed by atoms with Gasteiger partial charge in [0.2, 0.25) is 0 Å². The summed E-state index contributed by atoms with van der Waals surface area (Å²) in [4.78, 5) is 21.2. The maximum absolute atomic E-state index is 11.0. The van der Waals surface area contributed by atoms with E-state index < -0.39 is 24.0 Å². The molecule has 2 atom stereocenters. The van der Waals surface area contributed by atoms with E-state index in [-0.39, 0.29) is 6.61 Å². The number of carboxylic acid groups (broad SMARTS) is 1. The summed E-state index contributed by atoms with van der Waals surface area (Å²) in [7, 11) is 0. The predicted octanol–water partition coefficient (Wildman–Crippen LogP) is -0.203. The highest BCUT2D eigenvalue weighted by Gasteiger charge is 2.28. The number of aliphatic hydroxyl groups excluding tert-OH is 1. The highest BCUT2D eigenvalue weighted by Crippen LogP contribution is 2.05. The number of aliphatic carboxylic acids is 1. The molecule has 0 aromatic rings. The van der Waals surface area contributed by atoms with E-state index in [1.807, 2.05) is 0 Å². The Labute approximate surface area is 75.6 Å². The minimum atomic E-state index is -1.72. The number of carbonyl (C=O) groups excluding carboxylic acids is 1. The van der Waals surface area contributed by atoms with Gasteiger partial charge in [0.1, 0.15) is 6.61 Å². The van der Waals surface area contributed by atoms with Crippen LogP contribution < -0.4 is 0 Å². The Morgan fingerprint density at radius 1 is 1.62 bits per heavy atom. The average molecular weight is 188 g/mol. The molecular weight excluding hydrogens is 176 g/mol. The van der Waals surface area contributed by atoms with Crippen LogP contribution >= 0.6 is 0 Å². The number of ether oxygens (including phenoxy) is 1. The smallest absolute Gasteiger partial charge is 0.333 e. The molecule has 0 heterocycles. The number of esters is 1. The van der Waals surface area contributed by atoms with Crippen molar-refractivity contribution in [2.75, 3.05) is 6.61 Å². The van der Waals surface area contributed by atoms with Gasteiger partial charge in [0.15, 0.2) is 6.10 Å². The first kappa shape index (κ1) is 11.6. The number of carbonyl (C=O) groups is 2. The normalized spacial score (nSPS) is 14.3. The van der Waals surface area contributed by atoms with E-state index in [0.717, 1.165) is 0 Å². The second-order valence-corrected chi connectivity index (χ2v) is 2.49. The van der Waals surface area contributed by atoms with Crippen LogP contribution in [0.1, 0.15) is 6.92 Å². The van der Waals surface area contributed by atoms with Crippen LogP contribution in [0.4, 0.5) is 0 Å². The highest BCUT2D eigenvalue weighted by atomic mass is 16.5. The van der Waals surface area contributed by atoms with Gasteiger partial charge in [-0.25, -0.2) is 4.79 Å². The molecule has 0 aliphatic carbocycles. The first-order valence-electron chi connectivity index (χ1n) is 3.69. The Kier molecular flexibility index (Phi) is 4.76. The molecule has 0 amide bonds. The van der Waals surface area contributed by atoms with E-state index in [0.29, 0.717) is 0 Å². The molecule has 0 radical (unpaired) electrons. The second-order valence-electron chi connectivity index (χ2n) is 2.49. The maximum atomic E-state index is 11.0. The van der Waals surface area contributed by atoms with Gasteiger partial charge in [-0.05, 0) is 6.92 Å². The molecule has 13 heavy (non-hydrogen) atoms. The van der Waals surface area contributed by atoms with Gasteiger partial charge in [0.05, 0.1) is 5.92 Å². The van der Waals surface area contributed by atoms with E-state index in [9.17, 15) is 9.59 Å². The van der Waals surface area contributed by atoms with Crippen molar-refractivity contribution in [3.63, 3.8) is 0 Å². The fourth-order valence-corrected chi connectivity index (χ4v) is 0.615. The van der Waals surface area contributed by atoms with E-state index >= 15 is 0 Å². The standard InChI is InChI=1S/C8H12O5/c1-3-4-13-8(12)5(2)6(9)7(10)11/h3,5-6,9H,1,4H2,2H3,(H,10,11). The van der Waals surface area contributed by atoms with Gasteiger partial charge in [-0.15, -0.1) is 0 Å². The van der Waals surface area contributed by atoms with Crippen LogP contribution in [0.15, 0.2) is 12.7 Å². The molecule has 0 aliphatic heterocycles. The molecule has 74 valence electrons. The van der Waals surface area contributed by atoms with E-state index in [2.05, 4.69) is 11.3 Å². The zero-order valence-corrected chi connectivity index (χ0v) is 7.27. The molecule has 0 rings (SSSR count). The van der Waals surface area contributed by atoms with Crippen LogP contribution in [0.25, 0.3) is 0 Å². The summed E-state index contributed by atoms with van der Waals surface area (Å²) in [6.07, 6.45) is -0.366. The molecule has 5 heteroatoms. The summed E-state index contributed by atoms with van der Waals surface area (Å²) in [5.74, 6) is -3.27. The lowest BCUT2D eigenvalue weighted by Crippen LogP contribution is -2.33. The van der Waals surface area contributed by atoms with Gasteiger partial charge in [0.25, 0.3) is 0 Å². The van der Waals surface area contributed by atoms with E-state index in [1.165, 1.54) is 13.0 Å². The lowest BCUT2D eigenvalue weighted by atomic mass is 10.1. The third-order valence-electron chi connectivity index (χ3n) is 1.44. The Balaban J connectivity index is 4.08. The van der Waals surface area contributed by atoms with Crippen molar-refractivity contribution in [1.29, 1.82) is 0 Å². The Morgan fingerprint density at radius 2 is 2.15 bits per heavy atom.